The molecule has 10 heteroatoms. The molecule has 0 saturated heterocycles. The monoisotopic (exact) mass is 634 g/mol. The molecule has 8 rings (SSSR count). The second-order valence-electron chi connectivity index (χ2n) is 11.3. The number of likely N-dealkylation sites (N-methyl/N-ethyl adjacent to an activating group) is 2. The molecule has 2 amide bonds. The van der Waals surface area contributed by atoms with Crippen LogP contribution in [0.1, 0.15) is 25.0 Å². The normalized spacial score (nSPS) is 16.2. The number of hydrogen-bond donors (Lipinski definition) is 0. The van der Waals surface area contributed by atoms with Crippen molar-refractivity contribution in [2.75, 3.05) is 14.1 Å². The number of hydrogen-bond acceptors (Lipinski definition) is 8. The van der Waals surface area contributed by atoms with Crippen molar-refractivity contribution in [2.24, 2.45) is 9.98 Å². The minimum atomic E-state index is -0.0875. The summed E-state index contributed by atoms with van der Waals surface area (Å²) in [4.78, 5) is 44.7. The molecule has 4 aromatic carbocycles. The van der Waals surface area contributed by atoms with Crippen molar-refractivity contribution < 1.29 is 18.4 Å². The van der Waals surface area contributed by atoms with Crippen LogP contribution in [0.25, 0.3) is 57.3 Å². The first-order valence-corrected chi connectivity index (χ1v) is 15.3. The van der Waals surface area contributed by atoms with E-state index in [0.29, 0.717) is 34.8 Å². The lowest BCUT2D eigenvalue weighted by Crippen LogP contribution is -2.25. The number of amidine groups is 2. The molecule has 48 heavy (non-hydrogen) atoms. The van der Waals surface area contributed by atoms with E-state index < -0.39 is 0 Å². The van der Waals surface area contributed by atoms with Crippen LogP contribution in [0.3, 0.4) is 0 Å². The van der Waals surface area contributed by atoms with E-state index in [2.05, 4.69) is 20.0 Å². The Bertz CT molecular complexity index is 2090. The third-order valence-corrected chi connectivity index (χ3v) is 8.09. The molecular weight excluding hydrogens is 604 g/mol. The average Bonchev–Trinajstić information content (AvgIpc) is 3.85. The SMILES string of the molecule is CC1=N/C(=C\c2ccc(-c3nc4ccccc4o3)cc2)C(=O)N1C.CC1=N/C(=C\c2ccc(-c3nc4ccccc4o3)cc2)C(=O)N1C. The maximum absolute atomic E-state index is 12.0. The van der Waals surface area contributed by atoms with E-state index in [1.807, 2.05) is 111 Å². The van der Waals surface area contributed by atoms with Crippen LogP contribution in [-0.4, -0.2) is 57.3 Å². The van der Waals surface area contributed by atoms with Gasteiger partial charge in [0.15, 0.2) is 11.2 Å². The van der Waals surface area contributed by atoms with Gasteiger partial charge in [-0.25, -0.2) is 20.0 Å². The van der Waals surface area contributed by atoms with Gasteiger partial charge in [-0.05, 0) is 85.7 Å². The third-order valence-electron chi connectivity index (χ3n) is 8.09. The number of aliphatic imine (C=N–C) groups is 2. The number of oxazole rings is 2. The average molecular weight is 635 g/mol. The largest absolute Gasteiger partial charge is 0.436 e. The number of carbonyl (C=O) groups excluding carboxylic acids is 2. The Balaban J connectivity index is 0.000000152. The highest BCUT2D eigenvalue weighted by Gasteiger charge is 2.24. The van der Waals surface area contributed by atoms with Crippen LogP contribution in [0.5, 0.6) is 0 Å². The van der Waals surface area contributed by atoms with Gasteiger partial charge in [-0.2, -0.15) is 0 Å². The van der Waals surface area contributed by atoms with Gasteiger partial charge in [0.1, 0.15) is 34.1 Å². The van der Waals surface area contributed by atoms with Crippen molar-refractivity contribution in [3.05, 3.63) is 120 Å². The molecule has 4 heterocycles. The van der Waals surface area contributed by atoms with Crippen molar-refractivity contribution in [3.63, 3.8) is 0 Å². The quantitative estimate of drug-likeness (QED) is 0.186. The topological polar surface area (TPSA) is 117 Å². The molecule has 0 bridgehead atoms. The number of benzene rings is 4. The van der Waals surface area contributed by atoms with Crippen molar-refractivity contribution in [2.45, 2.75) is 13.8 Å². The zero-order valence-electron chi connectivity index (χ0n) is 26.7. The van der Waals surface area contributed by atoms with Crippen molar-refractivity contribution in [1.82, 2.24) is 19.8 Å². The summed E-state index contributed by atoms with van der Waals surface area (Å²) in [6, 6.07) is 30.7. The minimum absolute atomic E-state index is 0.0875. The molecule has 236 valence electrons. The first kappa shape index (κ1) is 30.2. The fourth-order valence-corrected chi connectivity index (χ4v) is 5.17. The smallest absolute Gasteiger partial charge is 0.277 e. The predicted octanol–water partition coefficient (Wildman–Crippen LogP) is 7.45. The first-order valence-electron chi connectivity index (χ1n) is 15.3. The van der Waals surface area contributed by atoms with E-state index in [9.17, 15) is 9.59 Å². The summed E-state index contributed by atoms with van der Waals surface area (Å²) in [5.41, 5.74) is 7.70. The van der Waals surface area contributed by atoms with Crippen LogP contribution in [0.15, 0.2) is 127 Å². The van der Waals surface area contributed by atoms with Crippen LogP contribution in [-0.2, 0) is 9.59 Å². The molecule has 2 aromatic heterocycles. The molecule has 2 aliphatic rings. The van der Waals surface area contributed by atoms with Crippen LogP contribution in [0.4, 0.5) is 0 Å². The molecule has 0 aliphatic carbocycles. The number of nitrogens with zero attached hydrogens (tertiary/aromatic N) is 6. The molecule has 6 aromatic rings. The predicted molar refractivity (Wildman–Crippen MR) is 187 cm³/mol. The third kappa shape index (κ3) is 5.94. The van der Waals surface area contributed by atoms with Gasteiger partial charge in [0.2, 0.25) is 11.8 Å². The number of amides is 2. The van der Waals surface area contributed by atoms with E-state index in [1.165, 1.54) is 0 Å². The van der Waals surface area contributed by atoms with Crippen molar-refractivity contribution in [1.29, 1.82) is 0 Å². The highest BCUT2D eigenvalue weighted by molar-refractivity contribution is 6.14. The lowest BCUT2D eigenvalue weighted by molar-refractivity contribution is -0.122. The fraction of sp³-hybridized carbons (Fsp3) is 0.105. The van der Waals surface area contributed by atoms with Crippen LogP contribution in [0.2, 0.25) is 0 Å². The van der Waals surface area contributed by atoms with Gasteiger partial charge in [-0.1, -0.05) is 48.5 Å². The standard InChI is InChI=1S/2C19H15N3O2/c2*1-12-20-16(19(23)22(12)2)11-13-7-9-14(10-8-13)18-21-15-5-3-4-6-17(15)24-18/h2*3-11H,1-2H3/b2*16-11-. The summed E-state index contributed by atoms with van der Waals surface area (Å²) >= 11 is 0. The minimum Gasteiger partial charge on any atom is -0.436 e. The zero-order chi connectivity index (χ0) is 33.4. The highest BCUT2D eigenvalue weighted by Crippen LogP contribution is 2.27. The lowest BCUT2D eigenvalue weighted by Gasteiger charge is -2.06. The molecule has 0 N–H and O–H groups in total. The van der Waals surface area contributed by atoms with Crippen LogP contribution in [0, 0.1) is 0 Å². The Morgan fingerprint density at radius 3 is 1.25 bits per heavy atom. The van der Waals surface area contributed by atoms with E-state index in [0.717, 1.165) is 44.5 Å². The molecule has 10 nitrogen and oxygen atoms in total. The molecule has 2 aliphatic heterocycles. The fourth-order valence-electron chi connectivity index (χ4n) is 5.17. The summed E-state index contributed by atoms with van der Waals surface area (Å²) < 4.78 is 11.5. The summed E-state index contributed by atoms with van der Waals surface area (Å²) in [7, 11) is 3.44. The van der Waals surface area contributed by atoms with E-state index in [1.54, 1.807) is 36.0 Å². The molecule has 0 saturated carbocycles. The van der Waals surface area contributed by atoms with Gasteiger partial charge in [0.05, 0.1) is 0 Å². The number of aromatic nitrogens is 2. The second kappa shape index (κ2) is 12.4. The number of fused-ring (bicyclic) bond motifs is 2. The van der Waals surface area contributed by atoms with Crippen molar-refractivity contribution in [3.8, 4) is 22.9 Å². The molecule has 0 spiro atoms. The maximum Gasteiger partial charge on any atom is 0.277 e. The Kier molecular flexibility index (Phi) is 7.82. The zero-order valence-corrected chi connectivity index (χ0v) is 26.7. The maximum atomic E-state index is 12.0. The molecule has 0 radical (unpaired) electrons. The van der Waals surface area contributed by atoms with Crippen LogP contribution < -0.4 is 0 Å². The Labute approximate surface area is 276 Å². The summed E-state index contributed by atoms with van der Waals surface area (Å²) in [5.74, 6) is 2.40. The van der Waals surface area contributed by atoms with Gasteiger partial charge in [-0.15, -0.1) is 0 Å². The number of para-hydroxylation sites is 4. The Morgan fingerprint density at radius 2 is 0.917 bits per heavy atom. The summed E-state index contributed by atoms with van der Waals surface area (Å²) in [6.07, 6.45) is 3.57. The molecular formula is C38H30N6O4. The summed E-state index contributed by atoms with van der Waals surface area (Å²) in [6.45, 7) is 3.63. The molecule has 0 fully saturated rings. The number of carbonyl (C=O) groups is 2. The van der Waals surface area contributed by atoms with E-state index >= 15 is 0 Å². The van der Waals surface area contributed by atoms with E-state index in [-0.39, 0.29) is 11.8 Å². The second-order valence-corrected chi connectivity index (χ2v) is 11.3. The Hall–Kier alpha value is -6.42. The van der Waals surface area contributed by atoms with Gasteiger partial charge in [0, 0.05) is 25.2 Å². The van der Waals surface area contributed by atoms with E-state index in [4.69, 9.17) is 8.83 Å². The lowest BCUT2D eigenvalue weighted by atomic mass is 10.1. The first-order chi connectivity index (χ1) is 23.2. The van der Waals surface area contributed by atoms with Crippen LogP contribution >= 0.6 is 0 Å². The molecule has 0 atom stereocenters. The molecule has 0 unspecified atom stereocenters. The Morgan fingerprint density at radius 1 is 0.542 bits per heavy atom. The summed E-state index contributed by atoms with van der Waals surface area (Å²) in [5, 5.41) is 0. The number of rotatable bonds is 4. The van der Waals surface area contributed by atoms with Gasteiger partial charge in [-0.3, -0.25) is 19.4 Å². The van der Waals surface area contributed by atoms with Gasteiger partial charge < -0.3 is 8.83 Å². The van der Waals surface area contributed by atoms with Gasteiger partial charge >= 0.3 is 0 Å². The van der Waals surface area contributed by atoms with Gasteiger partial charge in [0.25, 0.3) is 11.8 Å². The van der Waals surface area contributed by atoms with Crippen molar-refractivity contribution >= 4 is 57.8 Å². The highest BCUT2D eigenvalue weighted by atomic mass is 16.4.